The Morgan fingerprint density at radius 1 is 1.04 bits per heavy atom. The van der Waals surface area contributed by atoms with Crippen molar-refractivity contribution in [1.82, 2.24) is 0 Å². The van der Waals surface area contributed by atoms with E-state index >= 15 is 0 Å². The van der Waals surface area contributed by atoms with Crippen LogP contribution in [-0.2, 0) is 11.3 Å². The quantitative estimate of drug-likeness (QED) is 0.697. The molecule has 0 aromatic heterocycles. The van der Waals surface area contributed by atoms with E-state index in [0.29, 0.717) is 19.2 Å². The van der Waals surface area contributed by atoms with Crippen LogP contribution in [-0.4, -0.2) is 31.6 Å². The van der Waals surface area contributed by atoms with Crippen LogP contribution in [0.25, 0.3) is 0 Å². The van der Waals surface area contributed by atoms with E-state index in [-0.39, 0.29) is 12.5 Å². The van der Waals surface area contributed by atoms with Gasteiger partial charge in [-0.15, -0.1) is 0 Å². The second-order valence-corrected chi connectivity index (χ2v) is 6.93. The van der Waals surface area contributed by atoms with Crippen molar-refractivity contribution in [3.8, 4) is 5.75 Å². The van der Waals surface area contributed by atoms with E-state index in [1.54, 1.807) is 0 Å². The maximum atomic E-state index is 11.6. The number of carbonyl (C=O) groups excluding carboxylic acids is 1. The molecule has 0 atom stereocenters. The Bertz CT molecular complexity index is 739. The standard InChI is InChI=1S/C22H29N3O2/c1-3-25(20-9-10-20)19-7-5-17(6-8-19)15-24(16-22(23)26)18-11-13-21(14-12-18)27-4-2/h5-8,11-14,20H,3-4,9-10,15-16H2,1-2H3,(H2,23,26). The Kier molecular flexibility index (Phi) is 6.22. The molecular formula is C22H29N3O2. The Morgan fingerprint density at radius 2 is 1.67 bits per heavy atom. The first-order valence-corrected chi connectivity index (χ1v) is 9.72. The fraction of sp³-hybridized carbons (Fsp3) is 0.409. The summed E-state index contributed by atoms with van der Waals surface area (Å²) in [5.74, 6) is 0.482. The molecule has 0 saturated heterocycles. The first-order chi connectivity index (χ1) is 13.1. The van der Waals surface area contributed by atoms with Gasteiger partial charge in [-0.25, -0.2) is 0 Å². The summed E-state index contributed by atoms with van der Waals surface area (Å²) in [6.45, 7) is 6.63. The molecule has 2 N–H and O–H groups in total. The third kappa shape index (κ3) is 5.16. The van der Waals surface area contributed by atoms with Gasteiger partial charge in [-0.2, -0.15) is 0 Å². The molecule has 2 aromatic rings. The lowest BCUT2D eigenvalue weighted by Crippen LogP contribution is -2.33. The van der Waals surface area contributed by atoms with Crippen molar-refractivity contribution in [2.75, 3.05) is 29.5 Å². The average molecular weight is 367 g/mol. The van der Waals surface area contributed by atoms with Crippen molar-refractivity contribution in [2.45, 2.75) is 39.3 Å². The van der Waals surface area contributed by atoms with Gasteiger partial charge in [0.1, 0.15) is 5.75 Å². The van der Waals surface area contributed by atoms with Gasteiger partial charge in [0.15, 0.2) is 0 Å². The maximum Gasteiger partial charge on any atom is 0.236 e. The molecule has 0 aliphatic heterocycles. The van der Waals surface area contributed by atoms with Crippen LogP contribution in [0.2, 0.25) is 0 Å². The number of ether oxygens (including phenoxy) is 1. The summed E-state index contributed by atoms with van der Waals surface area (Å²) in [7, 11) is 0. The molecule has 27 heavy (non-hydrogen) atoms. The van der Waals surface area contributed by atoms with E-state index in [0.717, 1.165) is 23.5 Å². The van der Waals surface area contributed by atoms with E-state index in [1.165, 1.54) is 18.5 Å². The monoisotopic (exact) mass is 367 g/mol. The number of rotatable bonds is 10. The Balaban J connectivity index is 1.72. The minimum Gasteiger partial charge on any atom is -0.494 e. The first kappa shape index (κ1) is 19.1. The number of hydrogen-bond acceptors (Lipinski definition) is 4. The highest BCUT2D eigenvalue weighted by molar-refractivity contribution is 5.79. The van der Waals surface area contributed by atoms with E-state index in [4.69, 9.17) is 10.5 Å². The summed E-state index contributed by atoms with van der Waals surface area (Å²) in [5, 5.41) is 0. The molecule has 1 aliphatic rings. The smallest absolute Gasteiger partial charge is 0.236 e. The summed E-state index contributed by atoms with van der Waals surface area (Å²) in [6.07, 6.45) is 2.58. The minimum absolute atomic E-state index is 0.179. The van der Waals surface area contributed by atoms with Gasteiger partial charge in [0.05, 0.1) is 13.2 Å². The lowest BCUT2D eigenvalue weighted by atomic mass is 10.1. The maximum absolute atomic E-state index is 11.6. The Labute approximate surface area is 161 Å². The van der Waals surface area contributed by atoms with Gasteiger partial charge in [-0.1, -0.05) is 12.1 Å². The molecule has 5 nitrogen and oxygen atoms in total. The number of primary amides is 1. The third-order valence-electron chi connectivity index (χ3n) is 4.83. The van der Waals surface area contributed by atoms with Crippen LogP contribution in [0.15, 0.2) is 48.5 Å². The largest absolute Gasteiger partial charge is 0.494 e. The lowest BCUT2D eigenvalue weighted by molar-refractivity contribution is -0.116. The number of carbonyl (C=O) groups is 1. The highest BCUT2D eigenvalue weighted by Crippen LogP contribution is 2.31. The highest BCUT2D eigenvalue weighted by Gasteiger charge is 2.27. The predicted octanol–water partition coefficient (Wildman–Crippen LogP) is 3.57. The zero-order chi connectivity index (χ0) is 19.2. The molecule has 5 heteroatoms. The van der Waals surface area contributed by atoms with Crippen LogP contribution >= 0.6 is 0 Å². The van der Waals surface area contributed by atoms with E-state index < -0.39 is 0 Å². The van der Waals surface area contributed by atoms with Crippen LogP contribution < -0.4 is 20.3 Å². The third-order valence-corrected chi connectivity index (χ3v) is 4.83. The topological polar surface area (TPSA) is 58.8 Å². The number of nitrogens with zero attached hydrogens (tertiary/aromatic N) is 2. The van der Waals surface area contributed by atoms with Crippen LogP contribution in [0.3, 0.4) is 0 Å². The second-order valence-electron chi connectivity index (χ2n) is 6.93. The van der Waals surface area contributed by atoms with Crippen LogP contribution in [0.5, 0.6) is 5.75 Å². The van der Waals surface area contributed by atoms with E-state index in [9.17, 15) is 4.79 Å². The van der Waals surface area contributed by atoms with Crippen molar-refractivity contribution < 1.29 is 9.53 Å². The van der Waals surface area contributed by atoms with Gasteiger partial charge in [0, 0.05) is 30.5 Å². The van der Waals surface area contributed by atoms with Crippen molar-refractivity contribution in [3.63, 3.8) is 0 Å². The van der Waals surface area contributed by atoms with Gasteiger partial charge < -0.3 is 20.3 Å². The first-order valence-electron chi connectivity index (χ1n) is 9.72. The number of anilines is 2. The Morgan fingerprint density at radius 3 is 2.19 bits per heavy atom. The summed E-state index contributed by atoms with van der Waals surface area (Å²) >= 11 is 0. The molecule has 1 saturated carbocycles. The molecule has 2 aromatic carbocycles. The molecule has 1 fully saturated rings. The lowest BCUT2D eigenvalue weighted by Gasteiger charge is -2.25. The summed E-state index contributed by atoms with van der Waals surface area (Å²) in [5.41, 5.74) is 8.85. The van der Waals surface area contributed by atoms with Crippen LogP contribution in [0, 0.1) is 0 Å². The van der Waals surface area contributed by atoms with E-state index in [2.05, 4.69) is 36.1 Å². The fourth-order valence-electron chi connectivity index (χ4n) is 3.40. The molecule has 3 rings (SSSR count). The zero-order valence-corrected chi connectivity index (χ0v) is 16.2. The molecular weight excluding hydrogens is 338 g/mol. The normalized spacial score (nSPS) is 13.3. The fourth-order valence-corrected chi connectivity index (χ4v) is 3.40. The number of nitrogens with two attached hydrogens (primary N) is 1. The molecule has 0 unspecified atom stereocenters. The SMILES string of the molecule is CCOc1ccc(N(CC(N)=O)Cc2ccc(N(CC)C3CC3)cc2)cc1. The highest BCUT2D eigenvalue weighted by atomic mass is 16.5. The van der Waals surface area contributed by atoms with Gasteiger partial charge in [0.2, 0.25) is 5.91 Å². The second kappa shape index (κ2) is 8.80. The molecule has 144 valence electrons. The zero-order valence-electron chi connectivity index (χ0n) is 16.2. The summed E-state index contributed by atoms with van der Waals surface area (Å²) < 4.78 is 5.50. The van der Waals surface area contributed by atoms with Crippen molar-refractivity contribution in [3.05, 3.63) is 54.1 Å². The number of amides is 1. The predicted molar refractivity (Wildman–Crippen MR) is 110 cm³/mol. The van der Waals surface area contributed by atoms with Crippen LogP contribution in [0.1, 0.15) is 32.3 Å². The van der Waals surface area contributed by atoms with Gasteiger partial charge >= 0.3 is 0 Å². The van der Waals surface area contributed by atoms with Gasteiger partial charge in [-0.05, 0) is 68.7 Å². The molecule has 0 heterocycles. The van der Waals surface area contributed by atoms with Crippen molar-refractivity contribution in [1.29, 1.82) is 0 Å². The van der Waals surface area contributed by atoms with Gasteiger partial charge in [-0.3, -0.25) is 4.79 Å². The average Bonchev–Trinajstić information content (AvgIpc) is 3.49. The molecule has 0 spiro atoms. The molecule has 0 radical (unpaired) electrons. The van der Waals surface area contributed by atoms with E-state index in [1.807, 2.05) is 36.1 Å². The Hall–Kier alpha value is -2.69. The van der Waals surface area contributed by atoms with Crippen molar-refractivity contribution >= 4 is 17.3 Å². The summed E-state index contributed by atoms with van der Waals surface area (Å²) in [6, 6.07) is 17.1. The number of hydrogen-bond donors (Lipinski definition) is 1. The molecule has 0 bridgehead atoms. The summed E-state index contributed by atoms with van der Waals surface area (Å²) in [4.78, 5) is 16.0. The minimum atomic E-state index is -0.341. The molecule has 1 amide bonds. The van der Waals surface area contributed by atoms with Crippen molar-refractivity contribution in [2.24, 2.45) is 5.73 Å². The van der Waals surface area contributed by atoms with Crippen LogP contribution in [0.4, 0.5) is 11.4 Å². The molecule has 1 aliphatic carbocycles. The van der Waals surface area contributed by atoms with Gasteiger partial charge in [0.25, 0.3) is 0 Å². The number of benzene rings is 2.